The maximum absolute atomic E-state index is 13.0. The minimum absolute atomic E-state index is 0.0146. The molecule has 6 nitrogen and oxygen atoms in total. The van der Waals surface area contributed by atoms with Gasteiger partial charge in [-0.2, -0.15) is 0 Å². The lowest BCUT2D eigenvalue weighted by Crippen LogP contribution is -2.44. The molecule has 1 amide bonds. The Hall–Kier alpha value is -2.50. The quantitative estimate of drug-likeness (QED) is 0.937. The van der Waals surface area contributed by atoms with Crippen molar-refractivity contribution in [2.45, 2.75) is 38.1 Å². The molecule has 0 radical (unpaired) electrons. The minimum Gasteiger partial charge on any atom is -0.481 e. The summed E-state index contributed by atoms with van der Waals surface area (Å²) in [6.45, 7) is 0.666. The maximum Gasteiger partial charge on any atom is 0.303 e. The number of carbonyl (C=O) groups excluding carboxylic acids is 1. The van der Waals surface area contributed by atoms with Crippen molar-refractivity contribution in [1.29, 1.82) is 0 Å². The molecular formula is C17H19N3O3. The lowest BCUT2D eigenvalue weighted by molar-refractivity contribution is -0.137. The van der Waals surface area contributed by atoms with Gasteiger partial charge in [-0.25, -0.2) is 0 Å². The van der Waals surface area contributed by atoms with Gasteiger partial charge in [-0.05, 0) is 37.8 Å². The predicted molar refractivity (Wildman–Crippen MR) is 85.1 cm³/mol. The van der Waals surface area contributed by atoms with Crippen molar-refractivity contribution in [3.05, 3.63) is 36.2 Å². The molecule has 23 heavy (non-hydrogen) atoms. The van der Waals surface area contributed by atoms with Crippen LogP contribution in [0.3, 0.4) is 0 Å². The Morgan fingerprint density at radius 2 is 2.04 bits per heavy atom. The summed E-state index contributed by atoms with van der Waals surface area (Å²) in [7, 11) is 0. The summed E-state index contributed by atoms with van der Waals surface area (Å²) in [6.07, 6.45) is 6.61. The molecule has 2 heterocycles. The molecule has 1 aliphatic heterocycles. The number of amides is 1. The first-order valence-corrected chi connectivity index (χ1v) is 7.89. The third-order valence-electron chi connectivity index (χ3n) is 4.31. The number of likely N-dealkylation sites (tertiary alicyclic amines) is 1. The number of hydrogen-bond acceptors (Lipinski definition) is 4. The first kappa shape index (κ1) is 15.4. The second-order valence-electron chi connectivity index (χ2n) is 5.81. The van der Waals surface area contributed by atoms with E-state index >= 15 is 0 Å². The van der Waals surface area contributed by atoms with E-state index in [1.54, 1.807) is 24.5 Å². The van der Waals surface area contributed by atoms with Crippen molar-refractivity contribution in [1.82, 2.24) is 14.9 Å². The molecule has 0 aliphatic carbocycles. The van der Waals surface area contributed by atoms with Crippen molar-refractivity contribution in [2.24, 2.45) is 0 Å². The van der Waals surface area contributed by atoms with Crippen LogP contribution >= 0.6 is 0 Å². The van der Waals surface area contributed by atoms with E-state index in [1.165, 1.54) is 0 Å². The number of carboxylic acids is 1. The number of benzene rings is 1. The van der Waals surface area contributed by atoms with E-state index in [1.807, 2.05) is 11.0 Å². The summed E-state index contributed by atoms with van der Waals surface area (Å²) in [4.78, 5) is 34.2. The average Bonchev–Trinajstić information content (AvgIpc) is 2.59. The van der Waals surface area contributed by atoms with E-state index in [0.29, 0.717) is 29.6 Å². The fraction of sp³-hybridized carbons (Fsp3) is 0.412. The van der Waals surface area contributed by atoms with Crippen LogP contribution in [-0.2, 0) is 4.79 Å². The number of aliphatic carboxylic acids is 1. The zero-order chi connectivity index (χ0) is 16.2. The Balaban J connectivity index is 1.88. The first-order valence-electron chi connectivity index (χ1n) is 7.89. The highest BCUT2D eigenvalue weighted by Crippen LogP contribution is 2.25. The van der Waals surface area contributed by atoms with Gasteiger partial charge in [-0.3, -0.25) is 19.6 Å². The van der Waals surface area contributed by atoms with Crippen LogP contribution in [-0.4, -0.2) is 44.4 Å². The zero-order valence-electron chi connectivity index (χ0n) is 12.8. The number of para-hydroxylation sites is 1. The van der Waals surface area contributed by atoms with Gasteiger partial charge < -0.3 is 10.0 Å². The van der Waals surface area contributed by atoms with Gasteiger partial charge in [0.05, 0.1) is 11.1 Å². The van der Waals surface area contributed by atoms with Crippen LogP contribution in [0.1, 0.15) is 42.5 Å². The number of hydrogen-bond donors (Lipinski definition) is 1. The highest BCUT2D eigenvalue weighted by molar-refractivity contribution is 6.04. The normalized spacial score (nSPS) is 18.1. The van der Waals surface area contributed by atoms with Crippen molar-refractivity contribution in [3.8, 4) is 0 Å². The molecule has 1 fully saturated rings. The smallest absolute Gasteiger partial charge is 0.303 e. The van der Waals surface area contributed by atoms with Crippen molar-refractivity contribution in [3.63, 3.8) is 0 Å². The molecule has 1 saturated heterocycles. The molecule has 1 N–H and O–H groups in total. The molecule has 1 aromatic heterocycles. The highest BCUT2D eigenvalue weighted by Gasteiger charge is 2.28. The second kappa shape index (κ2) is 6.73. The van der Waals surface area contributed by atoms with Crippen LogP contribution in [0.15, 0.2) is 30.6 Å². The summed E-state index contributed by atoms with van der Waals surface area (Å²) in [5.41, 5.74) is 1.83. The average molecular weight is 313 g/mol. The number of aromatic nitrogens is 2. The maximum atomic E-state index is 13.0. The molecular weight excluding hydrogens is 294 g/mol. The number of carbonyl (C=O) groups is 2. The summed E-state index contributed by atoms with van der Waals surface area (Å²) in [5, 5.41) is 8.91. The minimum atomic E-state index is -0.820. The molecule has 120 valence electrons. The van der Waals surface area contributed by atoms with Gasteiger partial charge >= 0.3 is 5.97 Å². The first-order chi connectivity index (χ1) is 11.2. The van der Waals surface area contributed by atoms with Crippen LogP contribution in [0.25, 0.3) is 11.0 Å². The Morgan fingerprint density at radius 1 is 1.22 bits per heavy atom. The van der Waals surface area contributed by atoms with Crippen LogP contribution in [0.5, 0.6) is 0 Å². The molecule has 0 bridgehead atoms. The van der Waals surface area contributed by atoms with Gasteiger partial charge in [-0.1, -0.05) is 6.07 Å². The predicted octanol–water partition coefficient (Wildman–Crippen LogP) is 2.49. The highest BCUT2D eigenvalue weighted by atomic mass is 16.4. The molecule has 1 unspecified atom stereocenters. The molecule has 0 spiro atoms. The van der Waals surface area contributed by atoms with Crippen molar-refractivity contribution in [2.75, 3.05) is 6.54 Å². The lowest BCUT2D eigenvalue weighted by atomic mass is 9.96. The number of carboxylic acid groups (broad SMARTS) is 1. The van der Waals surface area contributed by atoms with E-state index < -0.39 is 5.97 Å². The van der Waals surface area contributed by atoms with E-state index in [-0.39, 0.29) is 18.4 Å². The summed E-state index contributed by atoms with van der Waals surface area (Å²) in [6, 6.07) is 5.39. The third-order valence-corrected chi connectivity index (χ3v) is 4.31. The van der Waals surface area contributed by atoms with E-state index in [2.05, 4.69) is 9.97 Å². The number of fused-ring (bicyclic) bond motifs is 1. The molecule has 6 heteroatoms. The van der Waals surface area contributed by atoms with Gasteiger partial charge in [-0.15, -0.1) is 0 Å². The monoisotopic (exact) mass is 313 g/mol. The lowest BCUT2D eigenvalue weighted by Gasteiger charge is -2.35. The zero-order valence-corrected chi connectivity index (χ0v) is 12.8. The summed E-state index contributed by atoms with van der Waals surface area (Å²) in [5.74, 6) is -0.898. The van der Waals surface area contributed by atoms with Crippen LogP contribution in [0.2, 0.25) is 0 Å². The van der Waals surface area contributed by atoms with Crippen LogP contribution < -0.4 is 0 Å². The topological polar surface area (TPSA) is 83.4 Å². The molecule has 2 aromatic rings. The summed E-state index contributed by atoms with van der Waals surface area (Å²) < 4.78 is 0. The number of piperidine rings is 1. The molecule has 0 saturated carbocycles. The molecule has 3 rings (SSSR count). The summed E-state index contributed by atoms with van der Waals surface area (Å²) >= 11 is 0. The Morgan fingerprint density at radius 3 is 2.87 bits per heavy atom. The van der Waals surface area contributed by atoms with Gasteiger partial charge in [0.2, 0.25) is 0 Å². The number of rotatable bonds is 4. The van der Waals surface area contributed by atoms with E-state index in [4.69, 9.17) is 5.11 Å². The van der Waals surface area contributed by atoms with Gasteiger partial charge in [0.25, 0.3) is 5.91 Å². The van der Waals surface area contributed by atoms with Crippen LogP contribution in [0.4, 0.5) is 0 Å². The second-order valence-corrected chi connectivity index (χ2v) is 5.81. The standard InChI is InChI=1S/C17H19N3O3/c21-15(22)8-7-12-4-1-2-11-20(12)17(23)13-5-3-6-14-16(13)19-10-9-18-14/h3,5-6,9-10,12H,1-2,4,7-8,11H2,(H,21,22). The van der Waals surface area contributed by atoms with Crippen molar-refractivity contribution >= 4 is 22.9 Å². The third kappa shape index (κ3) is 3.31. The SMILES string of the molecule is O=C(O)CCC1CCCCN1C(=O)c1cccc2nccnc12. The molecule has 1 atom stereocenters. The van der Waals surface area contributed by atoms with E-state index in [0.717, 1.165) is 19.3 Å². The molecule has 1 aliphatic rings. The fourth-order valence-electron chi connectivity index (χ4n) is 3.18. The van der Waals surface area contributed by atoms with Crippen molar-refractivity contribution < 1.29 is 14.7 Å². The Bertz CT molecular complexity index is 727. The van der Waals surface area contributed by atoms with Crippen LogP contribution in [0, 0.1) is 0 Å². The Labute approximate surface area is 134 Å². The fourth-order valence-corrected chi connectivity index (χ4v) is 3.18. The van der Waals surface area contributed by atoms with Gasteiger partial charge in [0.15, 0.2) is 0 Å². The van der Waals surface area contributed by atoms with Gasteiger partial charge in [0.1, 0.15) is 5.52 Å². The van der Waals surface area contributed by atoms with Gasteiger partial charge in [0, 0.05) is 31.4 Å². The largest absolute Gasteiger partial charge is 0.481 e. The Kier molecular flexibility index (Phi) is 4.50. The molecule has 1 aromatic carbocycles. The van der Waals surface area contributed by atoms with E-state index in [9.17, 15) is 9.59 Å². The number of nitrogens with zero attached hydrogens (tertiary/aromatic N) is 3.